The lowest BCUT2D eigenvalue weighted by atomic mass is 10.2. The number of unbranched alkanes of at least 4 members (excludes halogenated alkanes) is 1. The van der Waals surface area contributed by atoms with E-state index >= 15 is 0 Å². The van der Waals surface area contributed by atoms with Gasteiger partial charge in [-0.3, -0.25) is 14.4 Å². The lowest BCUT2D eigenvalue weighted by Crippen LogP contribution is -2.32. The van der Waals surface area contributed by atoms with E-state index in [-0.39, 0.29) is 12.5 Å². The maximum absolute atomic E-state index is 12.5. The van der Waals surface area contributed by atoms with Crippen molar-refractivity contribution in [3.8, 4) is 17.2 Å². The van der Waals surface area contributed by atoms with Gasteiger partial charge in [-0.15, -0.1) is 0 Å². The van der Waals surface area contributed by atoms with Crippen molar-refractivity contribution in [2.24, 2.45) is 5.10 Å². The quantitative estimate of drug-likeness (QED) is 0.0842. The Labute approximate surface area is 261 Å². The number of hydrazone groups is 1. The lowest BCUT2D eigenvalue weighted by molar-refractivity contribution is -0.136. The highest BCUT2D eigenvalue weighted by atomic mass is 79.9. The second-order valence-corrected chi connectivity index (χ2v) is 10.7. The van der Waals surface area contributed by atoms with Gasteiger partial charge in [-0.1, -0.05) is 29.3 Å². The molecule has 0 aromatic heterocycles. The summed E-state index contributed by atoms with van der Waals surface area (Å²) in [7, 11) is 0. The predicted octanol–water partition coefficient (Wildman–Crippen LogP) is 6.20. The third kappa shape index (κ3) is 10.2. The zero-order valence-corrected chi connectivity index (χ0v) is 26.6. The number of nitrogens with one attached hydrogen (secondary N) is 3. The predicted molar refractivity (Wildman–Crippen MR) is 170 cm³/mol. The van der Waals surface area contributed by atoms with E-state index in [0.717, 1.165) is 22.9 Å². The lowest BCUT2D eigenvalue weighted by Gasteiger charge is -2.15. The van der Waals surface area contributed by atoms with E-state index in [1.165, 1.54) is 6.21 Å². The maximum Gasteiger partial charge on any atom is 0.329 e. The summed E-state index contributed by atoms with van der Waals surface area (Å²) in [5.74, 6) is -0.764. The molecular weight excluding hydrogens is 672 g/mol. The number of rotatable bonds is 13. The van der Waals surface area contributed by atoms with Gasteiger partial charge >= 0.3 is 11.8 Å². The van der Waals surface area contributed by atoms with Crippen LogP contribution in [0.5, 0.6) is 17.2 Å². The molecule has 0 aliphatic carbocycles. The Bertz CT molecular complexity index is 1430. The van der Waals surface area contributed by atoms with E-state index in [1.807, 2.05) is 26.0 Å². The van der Waals surface area contributed by atoms with E-state index in [9.17, 15) is 14.4 Å². The van der Waals surface area contributed by atoms with Gasteiger partial charge in [-0.2, -0.15) is 5.10 Å². The van der Waals surface area contributed by atoms with Gasteiger partial charge in [0.2, 0.25) is 0 Å². The van der Waals surface area contributed by atoms with Gasteiger partial charge in [0.1, 0.15) is 5.75 Å². The molecule has 3 aromatic carbocycles. The summed E-state index contributed by atoms with van der Waals surface area (Å²) in [6.07, 6.45) is 3.34. The molecule has 0 bridgehead atoms. The van der Waals surface area contributed by atoms with Crippen molar-refractivity contribution < 1.29 is 28.6 Å². The van der Waals surface area contributed by atoms with Crippen molar-refractivity contribution >= 4 is 67.2 Å². The van der Waals surface area contributed by atoms with Gasteiger partial charge in [-0.25, -0.2) is 5.43 Å². The zero-order valence-electron chi connectivity index (χ0n) is 23.5. The number of carbonyl (C=O) groups is 3. The molecule has 3 aromatic rings. The van der Waals surface area contributed by atoms with Crippen molar-refractivity contribution in [1.29, 1.82) is 0 Å². The fourth-order valence-corrected chi connectivity index (χ4v) is 4.32. The third-order valence-electron chi connectivity index (χ3n) is 5.59. The molecule has 0 atom stereocenters. The molecule has 10 nitrogen and oxygen atoms in total. The minimum Gasteiger partial charge on any atom is -0.494 e. The van der Waals surface area contributed by atoms with Gasteiger partial charge in [-0.05, 0) is 102 Å². The summed E-state index contributed by atoms with van der Waals surface area (Å²) >= 11 is 6.88. The second kappa shape index (κ2) is 16.5. The maximum atomic E-state index is 12.5. The molecule has 0 aliphatic rings. The monoisotopic (exact) mass is 702 g/mol. The normalized spacial score (nSPS) is 10.7. The fraction of sp³-hybridized carbons (Fsp3) is 0.267. The molecular formula is C30H32Br2N4O6. The van der Waals surface area contributed by atoms with E-state index in [0.29, 0.717) is 51.9 Å². The molecule has 42 heavy (non-hydrogen) atoms. The summed E-state index contributed by atoms with van der Waals surface area (Å²) in [5, 5.41) is 9.18. The highest BCUT2D eigenvalue weighted by molar-refractivity contribution is 9.10. The molecule has 0 spiro atoms. The third-order valence-corrected chi connectivity index (χ3v) is 7.06. The second-order valence-electron chi connectivity index (χ2n) is 8.94. The van der Waals surface area contributed by atoms with Gasteiger partial charge < -0.3 is 24.8 Å². The molecule has 0 saturated heterocycles. The van der Waals surface area contributed by atoms with Crippen molar-refractivity contribution in [2.75, 3.05) is 30.5 Å². The van der Waals surface area contributed by atoms with Crippen LogP contribution in [0.2, 0.25) is 0 Å². The first kappa shape index (κ1) is 32.6. The smallest absolute Gasteiger partial charge is 0.329 e. The average molecular weight is 704 g/mol. The minimum atomic E-state index is -0.939. The molecule has 0 unspecified atom stereocenters. The van der Waals surface area contributed by atoms with Gasteiger partial charge in [0.05, 0.1) is 23.9 Å². The Morgan fingerprint density at radius 2 is 1.60 bits per heavy atom. The van der Waals surface area contributed by atoms with Crippen LogP contribution in [-0.2, 0) is 14.4 Å². The number of anilines is 2. The van der Waals surface area contributed by atoms with Crippen LogP contribution >= 0.6 is 31.9 Å². The molecule has 3 amide bonds. The Morgan fingerprint density at radius 1 is 0.857 bits per heavy atom. The summed E-state index contributed by atoms with van der Waals surface area (Å²) in [6.45, 7) is 6.53. The number of hydrogen-bond acceptors (Lipinski definition) is 7. The van der Waals surface area contributed by atoms with Crippen LogP contribution in [-0.4, -0.2) is 43.8 Å². The highest BCUT2D eigenvalue weighted by Gasteiger charge is 2.15. The standard InChI is InChI=1S/C30H32Br2N4O6/c1-4-6-13-41-23-10-7-21(8-11-23)35-29(38)30(39)36-33-17-20-15-25(32)28(26(16-20)40-5-2)42-18-27(37)34-22-9-12-24(31)19(3)14-22/h7-12,14-17H,4-6,13,18H2,1-3H3,(H,34,37)(H,35,38)(H,36,39)/b33-17-. The van der Waals surface area contributed by atoms with E-state index in [1.54, 1.807) is 42.5 Å². The number of aryl methyl sites for hydroxylation is 1. The molecule has 0 radical (unpaired) electrons. The SMILES string of the molecule is CCCCOc1ccc(NC(=O)C(=O)N/N=C\c2cc(Br)c(OCC(=O)Nc3ccc(Br)c(C)c3)c(OCC)c2)cc1. The topological polar surface area (TPSA) is 127 Å². The first-order valence-electron chi connectivity index (χ1n) is 13.2. The minimum absolute atomic E-state index is 0.249. The number of benzene rings is 3. The molecule has 3 rings (SSSR count). The highest BCUT2D eigenvalue weighted by Crippen LogP contribution is 2.36. The van der Waals surface area contributed by atoms with E-state index in [4.69, 9.17) is 14.2 Å². The number of hydrogen-bond donors (Lipinski definition) is 3. The number of nitrogens with zero attached hydrogens (tertiary/aromatic N) is 1. The summed E-state index contributed by atoms with van der Waals surface area (Å²) in [4.78, 5) is 36.9. The van der Waals surface area contributed by atoms with Crippen LogP contribution in [0.1, 0.15) is 37.8 Å². The van der Waals surface area contributed by atoms with Crippen molar-refractivity contribution in [2.45, 2.75) is 33.6 Å². The average Bonchev–Trinajstić information content (AvgIpc) is 2.95. The number of amides is 3. The Kier molecular flexibility index (Phi) is 12.8. The van der Waals surface area contributed by atoms with Gasteiger partial charge in [0.15, 0.2) is 18.1 Å². The number of carbonyl (C=O) groups excluding carboxylic acids is 3. The van der Waals surface area contributed by atoms with Crippen LogP contribution in [0.4, 0.5) is 11.4 Å². The zero-order chi connectivity index (χ0) is 30.5. The number of ether oxygens (including phenoxy) is 3. The van der Waals surface area contributed by atoms with Crippen LogP contribution in [0.15, 0.2) is 68.6 Å². The summed E-state index contributed by atoms with van der Waals surface area (Å²) < 4.78 is 18.5. The molecule has 0 fully saturated rings. The summed E-state index contributed by atoms with van der Waals surface area (Å²) in [6, 6.07) is 15.5. The molecule has 0 heterocycles. The van der Waals surface area contributed by atoms with E-state index in [2.05, 4.69) is 59.9 Å². The Balaban J connectivity index is 1.56. The molecule has 0 saturated carbocycles. The largest absolute Gasteiger partial charge is 0.494 e. The Morgan fingerprint density at radius 3 is 2.29 bits per heavy atom. The molecule has 0 aliphatic heterocycles. The van der Waals surface area contributed by atoms with Crippen LogP contribution in [0.25, 0.3) is 0 Å². The fourth-order valence-electron chi connectivity index (χ4n) is 3.50. The van der Waals surface area contributed by atoms with Crippen LogP contribution in [0, 0.1) is 6.92 Å². The number of halogens is 2. The van der Waals surface area contributed by atoms with Gasteiger partial charge in [0, 0.05) is 15.8 Å². The van der Waals surface area contributed by atoms with Gasteiger partial charge in [0.25, 0.3) is 5.91 Å². The summed E-state index contributed by atoms with van der Waals surface area (Å²) in [5.41, 5.74) is 4.84. The molecule has 3 N–H and O–H groups in total. The van der Waals surface area contributed by atoms with Crippen LogP contribution in [0.3, 0.4) is 0 Å². The Hall–Kier alpha value is -3.90. The van der Waals surface area contributed by atoms with Crippen LogP contribution < -0.4 is 30.3 Å². The molecule has 222 valence electrons. The van der Waals surface area contributed by atoms with Crippen molar-refractivity contribution in [1.82, 2.24) is 5.43 Å². The first-order valence-corrected chi connectivity index (χ1v) is 14.8. The molecule has 12 heteroatoms. The van der Waals surface area contributed by atoms with Crippen molar-refractivity contribution in [3.63, 3.8) is 0 Å². The van der Waals surface area contributed by atoms with Crippen molar-refractivity contribution in [3.05, 3.63) is 74.7 Å². The van der Waals surface area contributed by atoms with E-state index < -0.39 is 11.8 Å². The first-order chi connectivity index (χ1) is 20.2.